The van der Waals surface area contributed by atoms with Crippen LogP contribution in [0.1, 0.15) is 17.1 Å². The Labute approximate surface area is 158 Å². The topological polar surface area (TPSA) is 56.5 Å². The van der Waals surface area contributed by atoms with Crippen molar-refractivity contribution in [3.63, 3.8) is 0 Å². The van der Waals surface area contributed by atoms with Crippen LogP contribution in [0.4, 0.5) is 4.39 Å². The van der Waals surface area contributed by atoms with Crippen molar-refractivity contribution in [3.05, 3.63) is 70.1 Å². The van der Waals surface area contributed by atoms with E-state index in [4.69, 9.17) is 4.98 Å². The van der Waals surface area contributed by atoms with E-state index >= 15 is 0 Å². The molecule has 0 aliphatic rings. The molecule has 3 aromatic heterocycles. The Morgan fingerprint density at radius 1 is 1.08 bits per heavy atom. The lowest BCUT2D eigenvalue weighted by atomic mass is 10.2. The number of pyridine rings is 1. The van der Waals surface area contributed by atoms with Gasteiger partial charge in [0.1, 0.15) is 23.0 Å². The Bertz CT molecular complexity index is 1120. The van der Waals surface area contributed by atoms with Crippen LogP contribution in [-0.4, -0.2) is 24.5 Å². The van der Waals surface area contributed by atoms with Crippen LogP contribution in [0.25, 0.3) is 22.6 Å². The maximum absolute atomic E-state index is 13.7. The maximum atomic E-state index is 13.7. The molecule has 0 fully saturated rings. The summed E-state index contributed by atoms with van der Waals surface area (Å²) in [5, 5.41) is 0. The van der Waals surface area contributed by atoms with Crippen molar-refractivity contribution < 1.29 is 4.39 Å². The smallest absolute Gasteiger partial charge is 0.164 e. The first-order valence-electron chi connectivity index (χ1n) is 8.08. The van der Waals surface area contributed by atoms with E-state index in [9.17, 15) is 4.39 Å². The quantitative estimate of drug-likeness (QED) is 0.499. The molecular formula is C19H15BrFN5. The fourth-order valence-corrected chi connectivity index (χ4v) is 3.44. The summed E-state index contributed by atoms with van der Waals surface area (Å²) in [6.07, 6.45) is 2.79. The highest BCUT2D eigenvalue weighted by molar-refractivity contribution is 9.10. The number of fused-ring (bicyclic) bond motifs is 1. The van der Waals surface area contributed by atoms with Gasteiger partial charge in [0.2, 0.25) is 0 Å². The monoisotopic (exact) mass is 411 g/mol. The molecule has 26 heavy (non-hydrogen) atoms. The van der Waals surface area contributed by atoms with E-state index in [0.29, 0.717) is 29.3 Å². The van der Waals surface area contributed by atoms with Crippen molar-refractivity contribution in [3.8, 4) is 11.4 Å². The van der Waals surface area contributed by atoms with Gasteiger partial charge in [0.05, 0.1) is 18.4 Å². The summed E-state index contributed by atoms with van der Waals surface area (Å²) in [4.78, 5) is 17.7. The number of aromatic nitrogens is 5. The highest BCUT2D eigenvalue weighted by Crippen LogP contribution is 2.26. The van der Waals surface area contributed by atoms with Gasteiger partial charge < -0.3 is 4.57 Å². The molecule has 0 unspecified atom stereocenters. The van der Waals surface area contributed by atoms with Gasteiger partial charge in [-0.15, -0.1) is 0 Å². The summed E-state index contributed by atoms with van der Waals surface area (Å²) in [5.74, 6) is 0.895. The summed E-state index contributed by atoms with van der Waals surface area (Å²) in [7, 11) is 0. The Morgan fingerprint density at radius 3 is 2.69 bits per heavy atom. The first-order chi connectivity index (χ1) is 12.5. The van der Waals surface area contributed by atoms with Crippen LogP contribution in [0.3, 0.4) is 0 Å². The van der Waals surface area contributed by atoms with E-state index in [1.54, 1.807) is 6.20 Å². The highest BCUT2D eigenvalue weighted by Gasteiger charge is 2.17. The average Bonchev–Trinajstić information content (AvgIpc) is 2.94. The number of halogens is 2. The van der Waals surface area contributed by atoms with Crippen molar-refractivity contribution in [1.82, 2.24) is 24.5 Å². The standard InChI is InChI=1S/C19H15BrFN5/c1-11-17-19(24-12(2)23-11)26(10-13-4-3-5-15(20)6-13)18(25-17)14-7-16(21)9-22-8-14/h3-9H,10H2,1-2H3. The Balaban J connectivity index is 1.97. The van der Waals surface area contributed by atoms with E-state index < -0.39 is 5.82 Å². The number of benzene rings is 1. The molecule has 5 nitrogen and oxygen atoms in total. The zero-order chi connectivity index (χ0) is 18.3. The van der Waals surface area contributed by atoms with E-state index in [2.05, 4.69) is 30.9 Å². The van der Waals surface area contributed by atoms with E-state index in [0.717, 1.165) is 21.4 Å². The predicted octanol–water partition coefficient (Wildman–Crippen LogP) is 4.46. The summed E-state index contributed by atoms with van der Waals surface area (Å²) in [6, 6.07) is 9.46. The normalized spacial score (nSPS) is 11.2. The van der Waals surface area contributed by atoms with Gasteiger partial charge in [0, 0.05) is 16.2 Å². The molecule has 0 amide bonds. The lowest BCUT2D eigenvalue weighted by molar-refractivity contribution is 0.621. The lowest BCUT2D eigenvalue weighted by Gasteiger charge is -2.10. The van der Waals surface area contributed by atoms with Crippen molar-refractivity contribution in [1.29, 1.82) is 0 Å². The number of hydrogen-bond acceptors (Lipinski definition) is 4. The molecule has 0 radical (unpaired) electrons. The second-order valence-corrected chi connectivity index (χ2v) is 6.99. The minimum Gasteiger partial charge on any atom is -0.304 e. The predicted molar refractivity (Wildman–Crippen MR) is 101 cm³/mol. The Kier molecular flexibility index (Phi) is 4.24. The van der Waals surface area contributed by atoms with Crippen LogP contribution >= 0.6 is 15.9 Å². The number of hydrogen-bond donors (Lipinski definition) is 0. The van der Waals surface area contributed by atoms with Gasteiger partial charge in [-0.3, -0.25) is 4.98 Å². The SMILES string of the molecule is Cc1nc(C)c2nc(-c3cncc(F)c3)n(Cc3cccc(Br)c3)c2n1. The van der Waals surface area contributed by atoms with Crippen molar-refractivity contribution in [2.45, 2.75) is 20.4 Å². The van der Waals surface area contributed by atoms with Crippen LogP contribution in [0.2, 0.25) is 0 Å². The molecule has 130 valence electrons. The van der Waals surface area contributed by atoms with Crippen molar-refractivity contribution in [2.24, 2.45) is 0 Å². The van der Waals surface area contributed by atoms with E-state index in [-0.39, 0.29) is 0 Å². The van der Waals surface area contributed by atoms with Gasteiger partial charge in [-0.05, 0) is 37.6 Å². The summed E-state index contributed by atoms with van der Waals surface area (Å²) in [5.41, 5.74) is 3.93. The lowest BCUT2D eigenvalue weighted by Crippen LogP contribution is -2.05. The largest absolute Gasteiger partial charge is 0.304 e. The number of nitrogens with zero attached hydrogens (tertiary/aromatic N) is 5. The van der Waals surface area contributed by atoms with Gasteiger partial charge in [-0.25, -0.2) is 19.3 Å². The third-order valence-electron chi connectivity index (χ3n) is 4.07. The van der Waals surface area contributed by atoms with Gasteiger partial charge in [-0.2, -0.15) is 0 Å². The first kappa shape index (κ1) is 16.8. The molecular weight excluding hydrogens is 397 g/mol. The third kappa shape index (κ3) is 3.10. The van der Waals surface area contributed by atoms with Crippen LogP contribution < -0.4 is 0 Å². The Hall–Kier alpha value is -2.67. The average molecular weight is 412 g/mol. The van der Waals surface area contributed by atoms with Gasteiger partial charge in [0.15, 0.2) is 5.65 Å². The van der Waals surface area contributed by atoms with Gasteiger partial charge >= 0.3 is 0 Å². The van der Waals surface area contributed by atoms with Crippen LogP contribution in [0, 0.1) is 19.7 Å². The minimum absolute atomic E-state index is 0.400. The molecule has 3 heterocycles. The zero-order valence-electron chi connectivity index (χ0n) is 14.2. The maximum Gasteiger partial charge on any atom is 0.164 e. The molecule has 0 saturated heterocycles. The summed E-state index contributed by atoms with van der Waals surface area (Å²) in [6.45, 7) is 4.31. The molecule has 4 rings (SSSR count). The fourth-order valence-electron chi connectivity index (χ4n) is 3.00. The molecule has 0 spiro atoms. The Morgan fingerprint density at radius 2 is 1.92 bits per heavy atom. The third-order valence-corrected chi connectivity index (χ3v) is 4.57. The second kappa shape index (κ2) is 6.57. The molecule has 1 aromatic carbocycles. The van der Waals surface area contributed by atoms with E-state index in [1.165, 1.54) is 12.3 Å². The fraction of sp³-hybridized carbons (Fsp3) is 0.158. The van der Waals surface area contributed by atoms with E-state index in [1.807, 2.05) is 42.7 Å². The van der Waals surface area contributed by atoms with Crippen LogP contribution in [-0.2, 0) is 6.54 Å². The van der Waals surface area contributed by atoms with Crippen molar-refractivity contribution >= 4 is 27.1 Å². The molecule has 4 aromatic rings. The number of rotatable bonds is 3. The van der Waals surface area contributed by atoms with Gasteiger partial charge in [0.25, 0.3) is 0 Å². The second-order valence-electron chi connectivity index (χ2n) is 6.07. The van der Waals surface area contributed by atoms with Crippen molar-refractivity contribution in [2.75, 3.05) is 0 Å². The summed E-state index contributed by atoms with van der Waals surface area (Å²) < 4.78 is 16.7. The molecule has 0 aliphatic heterocycles. The molecule has 0 N–H and O–H groups in total. The molecule has 0 bridgehead atoms. The first-order valence-corrected chi connectivity index (χ1v) is 8.87. The highest BCUT2D eigenvalue weighted by atomic mass is 79.9. The van der Waals surface area contributed by atoms with Gasteiger partial charge in [-0.1, -0.05) is 28.1 Å². The number of imidazole rings is 1. The zero-order valence-corrected chi connectivity index (χ0v) is 15.8. The summed E-state index contributed by atoms with van der Waals surface area (Å²) >= 11 is 3.50. The molecule has 0 atom stereocenters. The molecule has 7 heteroatoms. The minimum atomic E-state index is -0.400. The van der Waals surface area contributed by atoms with Crippen LogP contribution in [0.5, 0.6) is 0 Å². The number of aryl methyl sites for hydroxylation is 2. The molecule has 0 saturated carbocycles. The molecule has 0 aliphatic carbocycles. The van der Waals surface area contributed by atoms with Crippen LogP contribution in [0.15, 0.2) is 47.2 Å².